The summed E-state index contributed by atoms with van der Waals surface area (Å²) in [5, 5.41) is 8.78. The highest BCUT2D eigenvalue weighted by molar-refractivity contribution is 5.09. The number of fused-ring (bicyclic) bond motifs is 2. The molecule has 4 aliphatic heterocycles. The smallest absolute Gasteiger partial charge is 0.201 e. The van der Waals surface area contributed by atoms with Crippen molar-refractivity contribution < 1.29 is 33.8 Å². The molecule has 5 rings (SSSR count). The van der Waals surface area contributed by atoms with Crippen molar-refractivity contribution in [3.63, 3.8) is 0 Å². The van der Waals surface area contributed by atoms with E-state index in [0.717, 1.165) is 19.3 Å². The minimum Gasteiger partial charge on any atom is -0.394 e. The van der Waals surface area contributed by atoms with Gasteiger partial charge in [-0.3, -0.25) is 0 Å². The molecule has 1 aliphatic carbocycles. The van der Waals surface area contributed by atoms with Gasteiger partial charge in [0.25, 0.3) is 0 Å². The van der Waals surface area contributed by atoms with Crippen LogP contribution in [0, 0.1) is 23.7 Å². The van der Waals surface area contributed by atoms with Crippen LogP contribution < -0.4 is 0 Å². The van der Waals surface area contributed by atoms with Crippen LogP contribution in [0.25, 0.3) is 0 Å². The largest absolute Gasteiger partial charge is 0.394 e. The van der Waals surface area contributed by atoms with E-state index in [0.29, 0.717) is 31.7 Å². The zero-order chi connectivity index (χ0) is 18.4. The van der Waals surface area contributed by atoms with Crippen LogP contribution in [0.3, 0.4) is 0 Å². The summed E-state index contributed by atoms with van der Waals surface area (Å²) in [6.07, 6.45) is 3.26. The third kappa shape index (κ3) is 3.02. The second-order valence-electron chi connectivity index (χ2n) is 8.48. The summed E-state index contributed by atoms with van der Waals surface area (Å²) < 4.78 is 23.9. The van der Waals surface area contributed by atoms with Crippen molar-refractivity contribution in [1.82, 2.24) is 0 Å². The van der Waals surface area contributed by atoms with Gasteiger partial charge < -0.3 is 24.1 Å². The van der Waals surface area contributed by atoms with Gasteiger partial charge in [0.05, 0.1) is 26.4 Å². The Morgan fingerprint density at radius 3 is 2.69 bits per heavy atom. The predicted octanol–water partition coefficient (Wildman–Crippen LogP) is 2.22. The highest BCUT2D eigenvalue weighted by Gasteiger charge is 2.69. The standard InChI is InChI=1S/C19H32O7/c1-12-4-5-15-13(2)16(22-11-10-21-9-8-20)23-17-19(15)14(12)6-7-18(3,24-17)25-26-19/h12-17,20H,4-11H2,1-3H3/t12-,13-,14+,15+,16-,17-,18-,19-/m1/s1. The van der Waals surface area contributed by atoms with Crippen molar-refractivity contribution >= 4 is 0 Å². The third-order valence-electron chi connectivity index (χ3n) is 6.84. The first-order valence-corrected chi connectivity index (χ1v) is 10.0. The van der Waals surface area contributed by atoms with Gasteiger partial charge in [0.2, 0.25) is 5.79 Å². The molecule has 1 spiro atoms. The molecule has 0 aromatic carbocycles. The highest BCUT2D eigenvalue weighted by Crippen LogP contribution is 2.60. The summed E-state index contributed by atoms with van der Waals surface area (Å²) in [5.41, 5.74) is -0.541. The van der Waals surface area contributed by atoms with Crippen molar-refractivity contribution in [2.75, 3.05) is 26.4 Å². The fraction of sp³-hybridized carbons (Fsp3) is 1.00. The molecule has 1 saturated carbocycles. The van der Waals surface area contributed by atoms with Crippen LogP contribution >= 0.6 is 0 Å². The molecule has 26 heavy (non-hydrogen) atoms. The molecule has 1 N–H and O–H groups in total. The van der Waals surface area contributed by atoms with E-state index >= 15 is 0 Å². The Balaban J connectivity index is 1.53. The Labute approximate surface area is 155 Å². The highest BCUT2D eigenvalue weighted by atomic mass is 17.3. The SMILES string of the molecule is C[C@H]1[C@H](OCCOCCO)O[C@@H]2O[C@@]3(C)CC[C@H]4[C@H](C)CC[C@@H]1[C@@]24OO3. The van der Waals surface area contributed by atoms with Gasteiger partial charge in [-0.1, -0.05) is 13.8 Å². The van der Waals surface area contributed by atoms with Gasteiger partial charge >= 0.3 is 0 Å². The third-order valence-corrected chi connectivity index (χ3v) is 6.84. The van der Waals surface area contributed by atoms with Gasteiger partial charge in [-0.2, -0.15) is 0 Å². The quantitative estimate of drug-likeness (QED) is 0.566. The van der Waals surface area contributed by atoms with Gasteiger partial charge in [0.1, 0.15) is 0 Å². The molecule has 7 heteroatoms. The zero-order valence-corrected chi connectivity index (χ0v) is 16.0. The summed E-state index contributed by atoms with van der Waals surface area (Å²) in [6.45, 7) is 7.61. The lowest BCUT2D eigenvalue weighted by atomic mass is 9.58. The summed E-state index contributed by atoms with van der Waals surface area (Å²) in [5.74, 6) is 0.614. The van der Waals surface area contributed by atoms with E-state index in [-0.39, 0.29) is 24.7 Å². The molecule has 150 valence electrons. The normalized spacial score (nSPS) is 50.3. The van der Waals surface area contributed by atoms with Gasteiger partial charge in [0.15, 0.2) is 18.2 Å². The summed E-state index contributed by atoms with van der Waals surface area (Å²) in [6, 6.07) is 0. The molecule has 2 bridgehead atoms. The monoisotopic (exact) mass is 372 g/mol. The maximum absolute atomic E-state index is 8.78. The second kappa shape index (κ2) is 7.28. The molecule has 7 nitrogen and oxygen atoms in total. The molecule has 4 heterocycles. The molecule has 5 aliphatic rings. The molecule has 0 amide bonds. The molecule has 5 fully saturated rings. The van der Waals surface area contributed by atoms with Crippen molar-refractivity contribution in [3.8, 4) is 0 Å². The lowest BCUT2D eigenvalue weighted by Gasteiger charge is -2.60. The molecular formula is C19H32O7. The average Bonchev–Trinajstić information content (AvgIpc) is 2.85. The van der Waals surface area contributed by atoms with Crippen LogP contribution in [0.4, 0.5) is 0 Å². The number of rotatable bonds is 6. The number of ether oxygens (including phenoxy) is 4. The first-order chi connectivity index (χ1) is 12.5. The second-order valence-corrected chi connectivity index (χ2v) is 8.48. The van der Waals surface area contributed by atoms with E-state index in [1.165, 1.54) is 6.42 Å². The lowest BCUT2D eigenvalue weighted by Crippen LogP contribution is -2.70. The fourth-order valence-corrected chi connectivity index (χ4v) is 5.45. The molecule has 0 aromatic heterocycles. The van der Waals surface area contributed by atoms with Gasteiger partial charge in [-0.05, 0) is 38.0 Å². The van der Waals surface area contributed by atoms with Crippen LogP contribution in [-0.2, 0) is 28.7 Å². The van der Waals surface area contributed by atoms with Crippen LogP contribution in [0.1, 0.15) is 46.5 Å². The zero-order valence-electron chi connectivity index (χ0n) is 16.0. The van der Waals surface area contributed by atoms with E-state index < -0.39 is 17.7 Å². The Morgan fingerprint density at radius 1 is 1.04 bits per heavy atom. The van der Waals surface area contributed by atoms with E-state index in [1.54, 1.807) is 0 Å². The molecule has 4 saturated heterocycles. The molecule has 8 atom stereocenters. The van der Waals surface area contributed by atoms with Gasteiger partial charge in [0, 0.05) is 18.3 Å². The van der Waals surface area contributed by atoms with Crippen molar-refractivity contribution in [1.29, 1.82) is 0 Å². The van der Waals surface area contributed by atoms with Crippen LogP contribution in [0.5, 0.6) is 0 Å². The van der Waals surface area contributed by atoms with E-state index in [9.17, 15) is 0 Å². The predicted molar refractivity (Wildman–Crippen MR) is 90.7 cm³/mol. The molecular weight excluding hydrogens is 340 g/mol. The Bertz CT molecular complexity index is 502. The molecule has 0 unspecified atom stereocenters. The van der Waals surface area contributed by atoms with E-state index in [4.69, 9.17) is 33.8 Å². The maximum atomic E-state index is 8.78. The fourth-order valence-electron chi connectivity index (χ4n) is 5.45. The molecule has 0 radical (unpaired) electrons. The Morgan fingerprint density at radius 2 is 1.88 bits per heavy atom. The van der Waals surface area contributed by atoms with Crippen molar-refractivity contribution in [3.05, 3.63) is 0 Å². The maximum Gasteiger partial charge on any atom is 0.201 e. The number of hydrogen-bond donors (Lipinski definition) is 1. The van der Waals surface area contributed by atoms with Crippen LogP contribution in [0.2, 0.25) is 0 Å². The summed E-state index contributed by atoms with van der Waals surface area (Å²) in [4.78, 5) is 11.9. The van der Waals surface area contributed by atoms with Crippen LogP contribution in [-0.4, -0.2) is 55.5 Å². The van der Waals surface area contributed by atoms with Crippen molar-refractivity contribution in [2.24, 2.45) is 23.7 Å². The Kier molecular flexibility index (Phi) is 5.33. The molecule has 0 aromatic rings. The summed E-state index contributed by atoms with van der Waals surface area (Å²) >= 11 is 0. The lowest BCUT2D eigenvalue weighted by molar-refractivity contribution is -0.577. The van der Waals surface area contributed by atoms with Gasteiger partial charge in [-0.15, -0.1) is 0 Å². The average molecular weight is 372 g/mol. The minimum atomic E-state index is -0.757. The Hall–Kier alpha value is -0.280. The van der Waals surface area contributed by atoms with Gasteiger partial charge in [-0.25, -0.2) is 9.78 Å². The summed E-state index contributed by atoms with van der Waals surface area (Å²) in [7, 11) is 0. The van der Waals surface area contributed by atoms with Crippen molar-refractivity contribution in [2.45, 2.75) is 70.4 Å². The number of aliphatic hydroxyl groups is 1. The topological polar surface area (TPSA) is 75.6 Å². The number of aliphatic hydroxyl groups excluding tert-OH is 1. The van der Waals surface area contributed by atoms with Crippen LogP contribution in [0.15, 0.2) is 0 Å². The van der Waals surface area contributed by atoms with E-state index in [1.807, 2.05) is 6.92 Å². The first kappa shape index (κ1) is 19.1. The number of hydrogen-bond acceptors (Lipinski definition) is 7. The first-order valence-electron chi connectivity index (χ1n) is 10.0. The van der Waals surface area contributed by atoms with E-state index in [2.05, 4.69) is 13.8 Å². The minimum absolute atomic E-state index is 0.0202.